The zero-order chi connectivity index (χ0) is 15.7. The second kappa shape index (κ2) is 9.98. The van der Waals surface area contributed by atoms with Crippen molar-refractivity contribution in [2.75, 3.05) is 20.8 Å². The molecule has 0 fully saturated rings. The SMILES string of the molecule is CCCCOC(Cc1ccc(C)cc1)SP(=S)(OC)OC. The Morgan fingerprint density at radius 2 is 1.81 bits per heavy atom. The number of aryl methyl sites for hydroxylation is 1. The van der Waals surface area contributed by atoms with Gasteiger partial charge in [-0.3, -0.25) is 0 Å². The van der Waals surface area contributed by atoms with E-state index in [9.17, 15) is 0 Å². The van der Waals surface area contributed by atoms with Gasteiger partial charge in [-0.15, -0.1) is 0 Å². The minimum atomic E-state index is -2.31. The van der Waals surface area contributed by atoms with Crippen LogP contribution < -0.4 is 0 Å². The van der Waals surface area contributed by atoms with Crippen LogP contribution in [0.3, 0.4) is 0 Å². The van der Waals surface area contributed by atoms with E-state index in [1.165, 1.54) is 22.5 Å². The number of hydrogen-bond acceptors (Lipinski definition) is 5. The van der Waals surface area contributed by atoms with Crippen molar-refractivity contribution in [3.63, 3.8) is 0 Å². The second-order valence-corrected chi connectivity index (χ2v) is 11.3. The fourth-order valence-corrected chi connectivity index (χ4v) is 5.39. The summed E-state index contributed by atoms with van der Waals surface area (Å²) in [5, 5.41) is 0. The second-order valence-electron chi connectivity index (χ2n) is 4.76. The summed E-state index contributed by atoms with van der Waals surface area (Å²) in [6.07, 6.45) is 2.97. The van der Waals surface area contributed by atoms with E-state index in [2.05, 4.69) is 38.1 Å². The van der Waals surface area contributed by atoms with Crippen LogP contribution in [-0.4, -0.2) is 26.3 Å². The van der Waals surface area contributed by atoms with Gasteiger partial charge in [0.15, 0.2) is 0 Å². The number of unbranched alkanes of at least 4 members (excludes halogenated alkanes) is 1. The molecule has 0 aromatic heterocycles. The molecule has 0 spiro atoms. The summed E-state index contributed by atoms with van der Waals surface area (Å²) >= 11 is 6.95. The Morgan fingerprint density at radius 1 is 1.19 bits per heavy atom. The molecular weight excluding hydrogens is 323 g/mol. The molecule has 0 heterocycles. The third-order valence-electron chi connectivity index (χ3n) is 3.02. The highest BCUT2D eigenvalue weighted by Crippen LogP contribution is 2.62. The average Bonchev–Trinajstić information content (AvgIpc) is 2.49. The van der Waals surface area contributed by atoms with Crippen LogP contribution in [0.4, 0.5) is 0 Å². The van der Waals surface area contributed by atoms with Gasteiger partial charge in [-0.1, -0.05) is 43.2 Å². The lowest BCUT2D eigenvalue weighted by Gasteiger charge is -2.24. The maximum Gasteiger partial charge on any atom is 0.249 e. The predicted octanol–water partition coefficient (Wildman–Crippen LogP) is 4.93. The van der Waals surface area contributed by atoms with Crippen LogP contribution in [0.15, 0.2) is 24.3 Å². The summed E-state index contributed by atoms with van der Waals surface area (Å²) in [7, 11) is 3.21. The Labute approximate surface area is 137 Å². The van der Waals surface area contributed by atoms with Crippen LogP contribution in [0.5, 0.6) is 0 Å². The molecule has 0 aliphatic rings. The molecule has 120 valence electrons. The van der Waals surface area contributed by atoms with Crippen LogP contribution in [0.2, 0.25) is 0 Å². The molecule has 1 rings (SSSR count). The van der Waals surface area contributed by atoms with E-state index in [0.717, 1.165) is 25.9 Å². The summed E-state index contributed by atoms with van der Waals surface area (Å²) in [6, 6.07) is 8.50. The van der Waals surface area contributed by atoms with Crippen molar-refractivity contribution in [1.29, 1.82) is 0 Å². The molecule has 0 saturated heterocycles. The Hall–Kier alpha value is 0.1000. The Morgan fingerprint density at radius 3 is 2.33 bits per heavy atom. The van der Waals surface area contributed by atoms with Crippen molar-refractivity contribution in [2.45, 2.75) is 38.5 Å². The summed E-state index contributed by atoms with van der Waals surface area (Å²) in [5.41, 5.74) is 0.153. The fourth-order valence-electron chi connectivity index (χ4n) is 1.71. The van der Waals surface area contributed by atoms with E-state index in [1.54, 1.807) is 14.2 Å². The Kier molecular flexibility index (Phi) is 9.10. The number of rotatable bonds is 10. The monoisotopic (exact) mass is 348 g/mol. The highest BCUT2D eigenvalue weighted by atomic mass is 32.9. The zero-order valence-corrected chi connectivity index (χ0v) is 15.7. The lowest BCUT2D eigenvalue weighted by Crippen LogP contribution is -2.13. The summed E-state index contributed by atoms with van der Waals surface area (Å²) < 4.78 is 16.7. The minimum Gasteiger partial charge on any atom is -0.367 e. The Bertz CT molecular complexity index is 443. The molecule has 6 heteroatoms. The summed E-state index contributed by atoms with van der Waals surface area (Å²) in [6.45, 7) is 4.98. The molecule has 0 N–H and O–H groups in total. The third kappa shape index (κ3) is 7.27. The van der Waals surface area contributed by atoms with Crippen molar-refractivity contribution in [3.8, 4) is 0 Å². The number of hydrogen-bond donors (Lipinski definition) is 0. The zero-order valence-electron chi connectivity index (χ0n) is 13.2. The van der Waals surface area contributed by atoms with Crippen LogP contribution in [-0.2, 0) is 32.0 Å². The largest absolute Gasteiger partial charge is 0.367 e. The molecule has 1 unspecified atom stereocenters. The molecule has 0 aliphatic heterocycles. The molecule has 21 heavy (non-hydrogen) atoms. The van der Waals surface area contributed by atoms with E-state index in [1.807, 2.05) is 0 Å². The fraction of sp³-hybridized carbons (Fsp3) is 0.600. The molecule has 0 radical (unpaired) electrons. The van der Waals surface area contributed by atoms with Crippen LogP contribution in [0.1, 0.15) is 30.9 Å². The van der Waals surface area contributed by atoms with Gasteiger partial charge < -0.3 is 13.8 Å². The normalized spacial score (nSPS) is 13.3. The molecule has 1 aromatic carbocycles. The quantitative estimate of drug-likeness (QED) is 0.339. The standard InChI is InChI=1S/C15H25O3PS2/c1-5-6-11-18-15(21-19(20,16-3)17-4)12-14-9-7-13(2)8-10-14/h7-10,15H,5-6,11-12H2,1-4H3. The maximum atomic E-state index is 5.98. The minimum absolute atomic E-state index is 0.0370. The van der Waals surface area contributed by atoms with Crippen molar-refractivity contribution in [3.05, 3.63) is 35.4 Å². The van der Waals surface area contributed by atoms with E-state index >= 15 is 0 Å². The first-order chi connectivity index (χ1) is 10.0. The summed E-state index contributed by atoms with van der Waals surface area (Å²) in [4.78, 5) is 0. The highest BCUT2D eigenvalue weighted by molar-refractivity contribution is 8.68. The van der Waals surface area contributed by atoms with Crippen LogP contribution in [0.25, 0.3) is 0 Å². The predicted molar refractivity (Wildman–Crippen MR) is 95.4 cm³/mol. The molecule has 0 aliphatic carbocycles. The van der Waals surface area contributed by atoms with Crippen molar-refractivity contribution in [2.24, 2.45) is 0 Å². The van der Waals surface area contributed by atoms with Crippen molar-refractivity contribution >= 4 is 28.9 Å². The summed E-state index contributed by atoms with van der Waals surface area (Å²) in [5.74, 6) is 0. The van der Waals surface area contributed by atoms with Crippen LogP contribution in [0, 0.1) is 6.92 Å². The topological polar surface area (TPSA) is 27.7 Å². The van der Waals surface area contributed by atoms with Gasteiger partial charge >= 0.3 is 0 Å². The first-order valence-corrected chi connectivity index (χ1v) is 11.2. The highest BCUT2D eigenvalue weighted by Gasteiger charge is 2.24. The van der Waals surface area contributed by atoms with Crippen molar-refractivity contribution in [1.82, 2.24) is 0 Å². The molecule has 1 atom stereocenters. The molecular formula is C15H25O3PS2. The first kappa shape index (κ1) is 19.1. The number of ether oxygens (including phenoxy) is 1. The third-order valence-corrected chi connectivity index (χ3v) is 8.75. The lowest BCUT2D eigenvalue weighted by atomic mass is 10.1. The van der Waals surface area contributed by atoms with E-state index in [4.69, 9.17) is 25.6 Å². The van der Waals surface area contributed by atoms with E-state index in [-0.39, 0.29) is 5.44 Å². The lowest BCUT2D eigenvalue weighted by molar-refractivity contribution is 0.111. The van der Waals surface area contributed by atoms with Crippen molar-refractivity contribution < 1.29 is 13.8 Å². The van der Waals surface area contributed by atoms with Gasteiger partial charge in [0.1, 0.15) is 5.44 Å². The maximum absolute atomic E-state index is 5.98. The molecule has 0 bridgehead atoms. The Balaban J connectivity index is 2.71. The molecule has 1 aromatic rings. The average molecular weight is 348 g/mol. The van der Waals surface area contributed by atoms with Gasteiger partial charge in [-0.2, -0.15) is 0 Å². The van der Waals surface area contributed by atoms with Gasteiger partial charge in [0.25, 0.3) is 0 Å². The van der Waals surface area contributed by atoms with Gasteiger partial charge in [0.05, 0.1) is 0 Å². The van der Waals surface area contributed by atoms with E-state index in [0.29, 0.717) is 0 Å². The van der Waals surface area contributed by atoms with Crippen LogP contribution >= 0.6 is 17.1 Å². The molecule has 0 amide bonds. The van der Waals surface area contributed by atoms with Gasteiger partial charge in [0.2, 0.25) is 5.69 Å². The van der Waals surface area contributed by atoms with Gasteiger partial charge in [-0.25, -0.2) is 0 Å². The molecule has 3 nitrogen and oxygen atoms in total. The number of benzene rings is 1. The van der Waals surface area contributed by atoms with E-state index < -0.39 is 5.69 Å². The molecule has 0 saturated carbocycles. The van der Waals surface area contributed by atoms with Gasteiger partial charge in [0, 0.05) is 27.2 Å². The smallest absolute Gasteiger partial charge is 0.249 e. The first-order valence-electron chi connectivity index (χ1n) is 7.10. The van der Waals surface area contributed by atoms with Gasteiger partial charge in [-0.05, 0) is 42.1 Å².